The van der Waals surface area contributed by atoms with Gasteiger partial charge in [0.05, 0.1) is 37.4 Å². The third-order valence-electron chi connectivity index (χ3n) is 7.90. The van der Waals surface area contributed by atoms with Crippen LogP contribution in [0.5, 0.6) is 5.75 Å². The molecule has 0 saturated carbocycles. The molecule has 42 heavy (non-hydrogen) atoms. The molecule has 2 atom stereocenters. The van der Waals surface area contributed by atoms with E-state index in [0.717, 1.165) is 38.9 Å². The molecule has 0 spiro atoms. The third-order valence-corrected chi connectivity index (χ3v) is 7.90. The van der Waals surface area contributed by atoms with Crippen LogP contribution in [0.4, 0.5) is 10.2 Å². The summed E-state index contributed by atoms with van der Waals surface area (Å²) in [5.41, 5.74) is 6.33. The molecule has 0 bridgehead atoms. The van der Waals surface area contributed by atoms with Crippen molar-refractivity contribution in [1.29, 1.82) is 0 Å². The Bertz CT molecular complexity index is 1670. The van der Waals surface area contributed by atoms with Gasteiger partial charge in [-0.2, -0.15) is 4.80 Å². The Kier molecular flexibility index (Phi) is 6.92. The van der Waals surface area contributed by atoms with Crippen molar-refractivity contribution in [3.63, 3.8) is 0 Å². The second-order valence-electron chi connectivity index (χ2n) is 11.9. The van der Waals surface area contributed by atoms with Crippen molar-refractivity contribution in [2.45, 2.75) is 71.1 Å². The molecule has 10 nitrogen and oxygen atoms in total. The summed E-state index contributed by atoms with van der Waals surface area (Å²) < 4.78 is 21.0. The van der Waals surface area contributed by atoms with Gasteiger partial charge >= 0.3 is 5.97 Å². The highest BCUT2D eigenvalue weighted by Crippen LogP contribution is 2.44. The maximum Gasteiger partial charge on any atom is 0.304 e. The number of aryl methyl sites for hydroxylation is 2. The summed E-state index contributed by atoms with van der Waals surface area (Å²) in [6.07, 6.45) is 2.98. The van der Waals surface area contributed by atoms with Gasteiger partial charge in [0.2, 0.25) is 5.82 Å². The first-order chi connectivity index (χ1) is 20.0. The van der Waals surface area contributed by atoms with E-state index in [-0.39, 0.29) is 30.7 Å². The van der Waals surface area contributed by atoms with Gasteiger partial charge < -0.3 is 20.3 Å². The van der Waals surface area contributed by atoms with Crippen LogP contribution in [-0.4, -0.2) is 53.6 Å². The van der Waals surface area contributed by atoms with Crippen LogP contribution in [-0.2, 0) is 17.8 Å². The minimum Gasteiger partial charge on any atom is -0.491 e. The summed E-state index contributed by atoms with van der Waals surface area (Å²) in [6, 6.07) is 8.95. The Morgan fingerprint density at radius 2 is 1.98 bits per heavy atom. The number of anilines is 1. The number of hydrogen-bond acceptors (Lipinski definition) is 8. The maximum atomic E-state index is 15.4. The largest absolute Gasteiger partial charge is 0.491 e. The summed E-state index contributed by atoms with van der Waals surface area (Å²) in [5.74, 6) is 0.250. The Labute approximate surface area is 242 Å². The molecule has 4 aromatic rings. The molecule has 2 aromatic carbocycles. The first-order valence-electron chi connectivity index (χ1n) is 14.0. The number of aliphatic hydroxyl groups is 1. The second-order valence-corrected chi connectivity index (χ2v) is 11.9. The molecule has 0 saturated heterocycles. The number of carboxylic acids is 1. The fourth-order valence-corrected chi connectivity index (χ4v) is 6.20. The number of benzene rings is 2. The van der Waals surface area contributed by atoms with Gasteiger partial charge in [-0.3, -0.25) is 4.79 Å². The Hall–Kier alpha value is -4.38. The predicted octanol–water partition coefficient (Wildman–Crippen LogP) is 4.98. The van der Waals surface area contributed by atoms with E-state index in [1.54, 1.807) is 20.0 Å². The van der Waals surface area contributed by atoms with Crippen molar-refractivity contribution in [1.82, 2.24) is 25.2 Å². The standard InChI is InChI=1S/C31H33FN6O4/c1-16-9-18(30-35-37-38(36-30)15-31(3,4)41)10-17(2)28(16)20-5-7-23(32)29-21(20)6-8-24(29)34-26-12-22-19(11-27(39)40)14-42-25(22)13-33-26/h5,7,9-10,12-13,19,24,41H,6,8,11,14-15H2,1-4H3,(H,33,34)(H,39,40)/t19-,24-/m1/s1. The van der Waals surface area contributed by atoms with Gasteiger partial charge in [0, 0.05) is 22.6 Å². The molecule has 218 valence electrons. The lowest BCUT2D eigenvalue weighted by Gasteiger charge is -2.19. The Morgan fingerprint density at radius 3 is 2.69 bits per heavy atom. The average molecular weight is 573 g/mol. The van der Waals surface area contributed by atoms with Crippen LogP contribution in [0.25, 0.3) is 22.5 Å². The highest BCUT2D eigenvalue weighted by molar-refractivity contribution is 5.79. The van der Waals surface area contributed by atoms with E-state index in [1.807, 2.05) is 38.1 Å². The van der Waals surface area contributed by atoms with Crippen molar-refractivity contribution in [3.05, 3.63) is 70.2 Å². The van der Waals surface area contributed by atoms with E-state index >= 15 is 4.39 Å². The van der Waals surface area contributed by atoms with Crippen LogP contribution < -0.4 is 10.1 Å². The van der Waals surface area contributed by atoms with E-state index in [9.17, 15) is 15.0 Å². The quantitative estimate of drug-likeness (QED) is 0.267. The zero-order chi connectivity index (χ0) is 29.8. The van der Waals surface area contributed by atoms with Gasteiger partial charge in [-0.05, 0) is 97.8 Å². The monoisotopic (exact) mass is 572 g/mol. The molecule has 0 unspecified atom stereocenters. The number of hydrogen-bond donors (Lipinski definition) is 3. The highest BCUT2D eigenvalue weighted by atomic mass is 19.1. The number of aromatic nitrogens is 5. The van der Waals surface area contributed by atoms with Crippen molar-refractivity contribution in [2.24, 2.45) is 0 Å². The molecule has 2 aliphatic rings. The van der Waals surface area contributed by atoms with E-state index in [2.05, 4.69) is 25.7 Å². The SMILES string of the molecule is Cc1cc(-c2nnn(CC(C)(C)O)n2)cc(C)c1-c1ccc(F)c2c1CC[C@H]2Nc1cc2c(cn1)OC[C@H]2CC(=O)O. The van der Waals surface area contributed by atoms with Crippen LogP contribution in [0.15, 0.2) is 36.5 Å². The number of carbonyl (C=O) groups is 1. The summed E-state index contributed by atoms with van der Waals surface area (Å²) in [7, 11) is 0. The minimum atomic E-state index is -0.961. The highest BCUT2D eigenvalue weighted by Gasteiger charge is 2.31. The Balaban J connectivity index is 1.29. The molecular formula is C31H33FN6O4. The Morgan fingerprint density at radius 1 is 1.21 bits per heavy atom. The van der Waals surface area contributed by atoms with E-state index in [0.29, 0.717) is 42.4 Å². The molecule has 0 amide bonds. The van der Waals surface area contributed by atoms with E-state index < -0.39 is 11.6 Å². The van der Waals surface area contributed by atoms with Crippen LogP contribution >= 0.6 is 0 Å². The number of tetrazole rings is 1. The number of nitrogens with one attached hydrogen (secondary N) is 1. The molecule has 6 rings (SSSR count). The molecule has 0 fully saturated rings. The first kappa shape index (κ1) is 27.8. The number of aliphatic carboxylic acids is 1. The van der Waals surface area contributed by atoms with E-state index in [1.165, 1.54) is 10.9 Å². The molecule has 3 heterocycles. The number of fused-ring (bicyclic) bond motifs is 2. The van der Waals surface area contributed by atoms with Gasteiger partial charge in [-0.25, -0.2) is 9.37 Å². The van der Waals surface area contributed by atoms with Gasteiger partial charge in [0.25, 0.3) is 0 Å². The third kappa shape index (κ3) is 5.32. The summed E-state index contributed by atoms with van der Waals surface area (Å²) in [5, 5.41) is 35.5. The van der Waals surface area contributed by atoms with Crippen LogP contribution in [0.3, 0.4) is 0 Å². The average Bonchev–Trinajstić information content (AvgIpc) is 3.64. The number of pyridine rings is 1. The number of rotatable bonds is 8. The van der Waals surface area contributed by atoms with Crippen molar-refractivity contribution in [2.75, 3.05) is 11.9 Å². The van der Waals surface area contributed by atoms with Gasteiger partial charge in [-0.15, -0.1) is 10.2 Å². The predicted molar refractivity (Wildman–Crippen MR) is 154 cm³/mol. The minimum absolute atomic E-state index is 0.0203. The zero-order valence-electron chi connectivity index (χ0n) is 24.0. The lowest BCUT2D eigenvalue weighted by atomic mass is 9.89. The summed E-state index contributed by atoms with van der Waals surface area (Å²) in [6.45, 7) is 7.97. The first-order valence-corrected chi connectivity index (χ1v) is 14.0. The van der Waals surface area contributed by atoms with Crippen molar-refractivity contribution < 1.29 is 24.1 Å². The topological polar surface area (TPSA) is 135 Å². The van der Waals surface area contributed by atoms with Gasteiger partial charge in [0.15, 0.2) is 0 Å². The fraction of sp³-hybridized carbons (Fsp3) is 0.387. The zero-order valence-corrected chi connectivity index (χ0v) is 24.0. The molecule has 0 radical (unpaired) electrons. The van der Waals surface area contributed by atoms with Crippen molar-refractivity contribution >= 4 is 11.8 Å². The van der Waals surface area contributed by atoms with Crippen LogP contribution in [0.2, 0.25) is 0 Å². The van der Waals surface area contributed by atoms with Gasteiger partial charge in [0.1, 0.15) is 17.4 Å². The number of halogens is 1. The molecule has 2 aromatic heterocycles. The second kappa shape index (κ2) is 10.5. The molecule has 1 aliphatic carbocycles. The normalized spacial score (nSPS) is 17.6. The summed E-state index contributed by atoms with van der Waals surface area (Å²) >= 11 is 0. The summed E-state index contributed by atoms with van der Waals surface area (Å²) in [4.78, 5) is 17.1. The fourth-order valence-electron chi connectivity index (χ4n) is 6.20. The maximum absolute atomic E-state index is 15.4. The number of nitrogens with zero attached hydrogens (tertiary/aromatic N) is 5. The lowest BCUT2D eigenvalue weighted by Crippen LogP contribution is -2.27. The van der Waals surface area contributed by atoms with Crippen LogP contribution in [0.1, 0.15) is 66.5 Å². The van der Waals surface area contributed by atoms with Gasteiger partial charge in [-0.1, -0.05) is 6.07 Å². The smallest absolute Gasteiger partial charge is 0.304 e. The molecule has 1 aliphatic heterocycles. The molecule has 3 N–H and O–H groups in total. The lowest BCUT2D eigenvalue weighted by molar-refractivity contribution is -0.137. The van der Waals surface area contributed by atoms with E-state index in [4.69, 9.17) is 4.74 Å². The van der Waals surface area contributed by atoms with Crippen molar-refractivity contribution in [3.8, 4) is 28.3 Å². The molecular weight excluding hydrogens is 539 g/mol. The molecule has 11 heteroatoms. The number of carboxylic acid groups (broad SMARTS) is 1. The number of ether oxygens (including phenoxy) is 1. The van der Waals surface area contributed by atoms with Crippen LogP contribution in [0, 0.1) is 19.7 Å².